The van der Waals surface area contributed by atoms with E-state index in [1.165, 1.54) is 0 Å². The largest absolute Gasteiger partial charge is 0.543 e. The van der Waals surface area contributed by atoms with E-state index in [0.29, 0.717) is 0 Å². The lowest BCUT2D eigenvalue weighted by atomic mass is 10.2. The van der Waals surface area contributed by atoms with Crippen LogP contribution in [0.1, 0.15) is 20.8 Å². The van der Waals surface area contributed by atoms with Crippen LogP contribution in [0.3, 0.4) is 0 Å². The molecule has 0 aliphatic heterocycles. The van der Waals surface area contributed by atoms with Gasteiger partial charge in [0.25, 0.3) is 0 Å². The first-order valence-electron chi connectivity index (χ1n) is 6.86. The van der Waals surface area contributed by atoms with Gasteiger partial charge in [0.1, 0.15) is 5.75 Å². The van der Waals surface area contributed by atoms with Crippen LogP contribution in [0.4, 0.5) is 0 Å². The van der Waals surface area contributed by atoms with Gasteiger partial charge in [-0.1, -0.05) is 32.9 Å². The molecule has 4 heteroatoms. The molecule has 0 radical (unpaired) electrons. The molecule has 0 aliphatic rings. The Bertz CT molecular complexity index is 577. The first-order valence-corrected chi connectivity index (χ1v) is 9.77. The highest BCUT2D eigenvalue weighted by Gasteiger charge is 2.38. The van der Waals surface area contributed by atoms with E-state index in [2.05, 4.69) is 43.8 Å². The fourth-order valence-corrected chi connectivity index (χ4v) is 2.62. The zero-order chi connectivity index (χ0) is 14.8. The lowest BCUT2D eigenvalue weighted by Crippen LogP contribution is -2.43. The maximum Gasteiger partial charge on any atom is 0.250 e. The van der Waals surface area contributed by atoms with Crippen molar-refractivity contribution in [3.63, 3.8) is 0 Å². The van der Waals surface area contributed by atoms with Crippen LogP contribution >= 0.6 is 0 Å². The molecule has 0 N–H and O–H groups in total. The highest BCUT2D eigenvalue weighted by atomic mass is 28.4. The third-order valence-corrected chi connectivity index (χ3v) is 8.20. The Balaban J connectivity index is 2.28. The van der Waals surface area contributed by atoms with E-state index >= 15 is 0 Å². The molecular weight excluding hydrogens is 264 g/mol. The summed E-state index contributed by atoms with van der Waals surface area (Å²) in [5.41, 5.74) is 0.988. The van der Waals surface area contributed by atoms with Crippen molar-refractivity contribution in [2.45, 2.75) is 38.9 Å². The number of hydrogen-bond acceptors (Lipinski definition) is 3. The van der Waals surface area contributed by atoms with Gasteiger partial charge >= 0.3 is 0 Å². The molecule has 1 aromatic heterocycles. The van der Waals surface area contributed by atoms with Crippen molar-refractivity contribution in [2.75, 3.05) is 0 Å². The van der Waals surface area contributed by atoms with Crippen LogP contribution in [0.15, 0.2) is 42.7 Å². The molecule has 20 heavy (non-hydrogen) atoms. The zero-order valence-electron chi connectivity index (χ0n) is 12.8. The molecule has 2 aromatic rings. The van der Waals surface area contributed by atoms with Crippen LogP contribution in [0.5, 0.6) is 5.75 Å². The van der Waals surface area contributed by atoms with E-state index in [0.717, 1.165) is 17.1 Å². The van der Waals surface area contributed by atoms with E-state index in [1.54, 1.807) is 12.4 Å². The Morgan fingerprint density at radius 2 is 1.65 bits per heavy atom. The summed E-state index contributed by atoms with van der Waals surface area (Å²) in [6.45, 7) is 11.2. The Kier molecular flexibility index (Phi) is 3.95. The predicted octanol–water partition coefficient (Wildman–Crippen LogP) is 4.53. The molecule has 0 aliphatic carbocycles. The smallest absolute Gasteiger partial charge is 0.250 e. The van der Waals surface area contributed by atoms with Gasteiger partial charge in [-0.2, -0.15) is 0 Å². The second-order valence-electron chi connectivity index (χ2n) is 6.46. The molecular formula is C16H22N2OSi. The normalized spacial score (nSPS) is 12.2. The Morgan fingerprint density at radius 3 is 2.25 bits per heavy atom. The van der Waals surface area contributed by atoms with Crippen molar-refractivity contribution in [3.05, 3.63) is 42.7 Å². The van der Waals surface area contributed by atoms with E-state index in [9.17, 15) is 0 Å². The molecule has 0 fully saturated rings. The van der Waals surface area contributed by atoms with E-state index in [4.69, 9.17) is 4.43 Å². The van der Waals surface area contributed by atoms with Crippen molar-refractivity contribution in [2.24, 2.45) is 0 Å². The highest BCUT2D eigenvalue weighted by Crippen LogP contribution is 2.37. The summed E-state index contributed by atoms with van der Waals surface area (Å²) in [7, 11) is -1.81. The SMILES string of the molecule is CC(C)(C)[Si](C)(C)Oc1cccc(-c2ncccn2)c1. The molecule has 0 amide bonds. The first-order chi connectivity index (χ1) is 9.29. The maximum absolute atomic E-state index is 6.31. The van der Waals surface area contributed by atoms with E-state index < -0.39 is 8.32 Å². The third kappa shape index (κ3) is 3.25. The van der Waals surface area contributed by atoms with Gasteiger partial charge in [-0.25, -0.2) is 9.97 Å². The quantitative estimate of drug-likeness (QED) is 0.778. The number of rotatable bonds is 3. The van der Waals surface area contributed by atoms with Gasteiger partial charge in [0.05, 0.1) is 0 Å². The molecule has 2 rings (SSSR count). The number of benzene rings is 1. The van der Waals surface area contributed by atoms with Gasteiger partial charge in [-0.05, 0) is 36.3 Å². The van der Waals surface area contributed by atoms with Crippen LogP contribution in [-0.4, -0.2) is 18.3 Å². The molecule has 0 atom stereocenters. The average Bonchev–Trinajstić information content (AvgIpc) is 2.38. The summed E-state index contributed by atoms with van der Waals surface area (Å²) in [6, 6.07) is 9.85. The summed E-state index contributed by atoms with van der Waals surface area (Å²) in [6.07, 6.45) is 3.51. The van der Waals surface area contributed by atoms with Crippen LogP contribution in [0, 0.1) is 0 Å². The highest BCUT2D eigenvalue weighted by molar-refractivity contribution is 6.74. The fraction of sp³-hybridized carbons (Fsp3) is 0.375. The molecule has 1 heterocycles. The lowest BCUT2D eigenvalue weighted by molar-refractivity contribution is 0.492. The van der Waals surface area contributed by atoms with Crippen molar-refractivity contribution < 1.29 is 4.43 Å². The number of nitrogens with zero attached hydrogens (tertiary/aromatic N) is 2. The average molecular weight is 286 g/mol. The zero-order valence-corrected chi connectivity index (χ0v) is 13.8. The van der Waals surface area contributed by atoms with Gasteiger partial charge in [0, 0.05) is 18.0 Å². The van der Waals surface area contributed by atoms with Gasteiger partial charge < -0.3 is 4.43 Å². The van der Waals surface area contributed by atoms with Gasteiger partial charge in [0.15, 0.2) is 5.82 Å². The fourth-order valence-electron chi connectivity index (χ4n) is 1.59. The predicted molar refractivity (Wildman–Crippen MR) is 85.3 cm³/mol. The molecule has 0 bridgehead atoms. The van der Waals surface area contributed by atoms with Crippen molar-refractivity contribution >= 4 is 8.32 Å². The summed E-state index contributed by atoms with van der Waals surface area (Å²) in [5.74, 6) is 1.63. The minimum Gasteiger partial charge on any atom is -0.543 e. The summed E-state index contributed by atoms with van der Waals surface area (Å²) < 4.78 is 6.31. The van der Waals surface area contributed by atoms with Crippen LogP contribution in [0.2, 0.25) is 18.1 Å². The monoisotopic (exact) mass is 286 g/mol. The molecule has 0 spiro atoms. The maximum atomic E-state index is 6.31. The standard InChI is InChI=1S/C16H22N2OSi/c1-16(2,3)20(4,5)19-14-9-6-8-13(12-14)15-17-10-7-11-18-15/h6-12H,1-5H3. The van der Waals surface area contributed by atoms with Crippen LogP contribution in [-0.2, 0) is 0 Å². The van der Waals surface area contributed by atoms with Gasteiger partial charge in [-0.15, -0.1) is 0 Å². The Hall–Kier alpha value is -1.68. The van der Waals surface area contributed by atoms with E-state index in [1.807, 2.05) is 30.3 Å². The topological polar surface area (TPSA) is 35.0 Å². The van der Waals surface area contributed by atoms with Gasteiger partial charge in [0.2, 0.25) is 8.32 Å². The summed E-state index contributed by atoms with van der Waals surface area (Å²) in [5, 5.41) is 0.187. The molecule has 106 valence electrons. The summed E-state index contributed by atoms with van der Waals surface area (Å²) in [4.78, 5) is 8.56. The second-order valence-corrected chi connectivity index (χ2v) is 11.2. The Morgan fingerprint density at radius 1 is 1.00 bits per heavy atom. The molecule has 1 aromatic carbocycles. The number of hydrogen-bond donors (Lipinski definition) is 0. The van der Waals surface area contributed by atoms with Crippen molar-refractivity contribution in [1.82, 2.24) is 9.97 Å². The van der Waals surface area contributed by atoms with E-state index in [-0.39, 0.29) is 5.04 Å². The molecule has 0 unspecified atom stereocenters. The number of aromatic nitrogens is 2. The minimum absolute atomic E-state index is 0.187. The van der Waals surface area contributed by atoms with Crippen molar-refractivity contribution in [3.8, 4) is 17.1 Å². The molecule has 3 nitrogen and oxygen atoms in total. The first kappa shape index (κ1) is 14.7. The summed E-state index contributed by atoms with van der Waals surface area (Å²) >= 11 is 0. The molecule has 0 saturated carbocycles. The van der Waals surface area contributed by atoms with Crippen LogP contribution in [0.25, 0.3) is 11.4 Å². The second kappa shape index (κ2) is 5.36. The third-order valence-electron chi connectivity index (χ3n) is 3.84. The van der Waals surface area contributed by atoms with Crippen LogP contribution < -0.4 is 4.43 Å². The Labute approximate surface area is 122 Å². The lowest BCUT2D eigenvalue weighted by Gasteiger charge is -2.36. The molecule has 0 saturated heterocycles. The minimum atomic E-state index is -1.81. The van der Waals surface area contributed by atoms with Gasteiger partial charge in [-0.3, -0.25) is 0 Å². The van der Waals surface area contributed by atoms with Crippen molar-refractivity contribution in [1.29, 1.82) is 0 Å².